The molecule has 1 unspecified atom stereocenters. The Labute approximate surface area is 122 Å². The van der Waals surface area contributed by atoms with Crippen LogP contribution in [0.5, 0.6) is 5.75 Å². The predicted molar refractivity (Wildman–Crippen MR) is 75.9 cm³/mol. The van der Waals surface area contributed by atoms with Crippen molar-refractivity contribution in [1.82, 2.24) is 5.01 Å². The number of hydrazone groups is 1. The highest BCUT2D eigenvalue weighted by Gasteiger charge is 2.31. The van der Waals surface area contributed by atoms with Crippen molar-refractivity contribution in [1.29, 1.82) is 0 Å². The van der Waals surface area contributed by atoms with Crippen molar-refractivity contribution in [3.63, 3.8) is 0 Å². The molecule has 0 N–H and O–H groups in total. The number of aryl methyl sites for hydroxylation is 1. The Bertz CT molecular complexity index is 598. The molecule has 0 fully saturated rings. The zero-order valence-electron chi connectivity index (χ0n) is 11.5. The molecule has 0 radical (unpaired) electrons. The van der Waals surface area contributed by atoms with E-state index in [0.29, 0.717) is 16.5 Å². The summed E-state index contributed by atoms with van der Waals surface area (Å²) < 4.78 is 5.54. The highest BCUT2D eigenvalue weighted by molar-refractivity contribution is 6.31. The van der Waals surface area contributed by atoms with Gasteiger partial charge in [-0.3, -0.25) is 9.59 Å². The van der Waals surface area contributed by atoms with Crippen molar-refractivity contribution in [3.05, 3.63) is 28.8 Å². The van der Waals surface area contributed by atoms with E-state index in [0.717, 1.165) is 10.6 Å². The summed E-state index contributed by atoms with van der Waals surface area (Å²) in [7, 11) is 0. The Morgan fingerprint density at radius 3 is 2.70 bits per heavy atom. The second-order valence-corrected chi connectivity index (χ2v) is 5.13. The molecule has 1 aromatic carbocycles. The first kappa shape index (κ1) is 14.5. The van der Waals surface area contributed by atoms with E-state index in [9.17, 15) is 9.59 Å². The van der Waals surface area contributed by atoms with Gasteiger partial charge in [-0.1, -0.05) is 11.6 Å². The summed E-state index contributed by atoms with van der Waals surface area (Å²) in [4.78, 5) is 23.7. The molecule has 20 heavy (non-hydrogen) atoms. The SMILES string of the molecule is CC1=NN(C(=O)C(C)Oc2ccc(Cl)c(C)c2)C(=O)C1. The fourth-order valence-electron chi connectivity index (χ4n) is 1.84. The summed E-state index contributed by atoms with van der Waals surface area (Å²) in [6.45, 7) is 5.14. The molecular formula is C14H15ClN2O3. The molecule has 2 rings (SSSR count). The van der Waals surface area contributed by atoms with Crippen molar-refractivity contribution < 1.29 is 14.3 Å². The smallest absolute Gasteiger partial charge is 0.290 e. The molecule has 1 atom stereocenters. The van der Waals surface area contributed by atoms with Gasteiger partial charge in [-0.2, -0.15) is 10.1 Å². The van der Waals surface area contributed by atoms with Gasteiger partial charge >= 0.3 is 0 Å². The van der Waals surface area contributed by atoms with E-state index >= 15 is 0 Å². The maximum Gasteiger partial charge on any atom is 0.290 e. The summed E-state index contributed by atoms with van der Waals surface area (Å²) in [5.41, 5.74) is 1.48. The van der Waals surface area contributed by atoms with Crippen LogP contribution in [0, 0.1) is 6.92 Å². The highest BCUT2D eigenvalue weighted by atomic mass is 35.5. The van der Waals surface area contributed by atoms with E-state index in [1.54, 1.807) is 32.0 Å². The van der Waals surface area contributed by atoms with Crippen LogP contribution in [0.15, 0.2) is 23.3 Å². The third kappa shape index (κ3) is 2.99. The summed E-state index contributed by atoms with van der Waals surface area (Å²) >= 11 is 5.93. The van der Waals surface area contributed by atoms with Gasteiger partial charge in [0.05, 0.1) is 6.42 Å². The van der Waals surface area contributed by atoms with Crippen LogP contribution >= 0.6 is 11.6 Å². The van der Waals surface area contributed by atoms with Crippen LogP contribution in [0.4, 0.5) is 0 Å². The van der Waals surface area contributed by atoms with Crippen molar-refractivity contribution in [2.45, 2.75) is 33.3 Å². The van der Waals surface area contributed by atoms with Crippen molar-refractivity contribution in [2.24, 2.45) is 5.10 Å². The molecule has 0 aromatic heterocycles. The minimum absolute atomic E-state index is 0.179. The van der Waals surface area contributed by atoms with Gasteiger partial charge in [-0.05, 0) is 44.5 Å². The Morgan fingerprint density at radius 2 is 2.15 bits per heavy atom. The van der Waals surface area contributed by atoms with E-state index < -0.39 is 12.0 Å². The van der Waals surface area contributed by atoms with Crippen LogP contribution in [-0.4, -0.2) is 28.6 Å². The normalized spacial score (nSPS) is 16.1. The van der Waals surface area contributed by atoms with Gasteiger partial charge in [-0.25, -0.2) is 0 Å². The van der Waals surface area contributed by atoms with Crippen LogP contribution in [-0.2, 0) is 9.59 Å². The topological polar surface area (TPSA) is 59.0 Å². The Balaban J connectivity index is 2.08. The molecule has 1 aliphatic rings. The number of halogens is 1. The lowest BCUT2D eigenvalue weighted by Crippen LogP contribution is -2.38. The molecular weight excluding hydrogens is 280 g/mol. The highest BCUT2D eigenvalue weighted by Crippen LogP contribution is 2.22. The number of hydrogen-bond donors (Lipinski definition) is 0. The Hall–Kier alpha value is -1.88. The minimum Gasteiger partial charge on any atom is -0.481 e. The second kappa shape index (κ2) is 5.63. The van der Waals surface area contributed by atoms with Crippen LogP contribution in [0.1, 0.15) is 25.8 Å². The molecule has 0 aliphatic carbocycles. The fourth-order valence-corrected chi connectivity index (χ4v) is 1.96. The molecule has 106 valence electrons. The maximum absolute atomic E-state index is 12.1. The lowest BCUT2D eigenvalue weighted by Gasteiger charge is -2.17. The van der Waals surface area contributed by atoms with Gasteiger partial charge < -0.3 is 4.74 Å². The number of rotatable bonds is 3. The fraction of sp³-hybridized carbons (Fsp3) is 0.357. The molecule has 0 spiro atoms. The molecule has 6 heteroatoms. The van der Waals surface area contributed by atoms with Crippen molar-refractivity contribution in [3.8, 4) is 5.75 Å². The largest absolute Gasteiger partial charge is 0.481 e. The predicted octanol–water partition coefficient (Wildman–Crippen LogP) is 2.55. The minimum atomic E-state index is -0.797. The molecule has 0 saturated heterocycles. The van der Waals surface area contributed by atoms with Gasteiger partial charge in [-0.15, -0.1) is 0 Å². The number of nitrogens with zero attached hydrogens (tertiary/aromatic N) is 2. The van der Waals surface area contributed by atoms with E-state index in [-0.39, 0.29) is 12.3 Å². The van der Waals surface area contributed by atoms with Crippen molar-refractivity contribution >= 4 is 29.1 Å². The molecule has 1 aliphatic heterocycles. The summed E-state index contributed by atoms with van der Waals surface area (Å²) in [6, 6.07) is 5.12. The number of benzene rings is 1. The first-order valence-electron chi connectivity index (χ1n) is 6.22. The number of ether oxygens (including phenoxy) is 1. The van der Waals surface area contributed by atoms with Gasteiger partial charge in [0, 0.05) is 10.7 Å². The van der Waals surface area contributed by atoms with E-state index in [4.69, 9.17) is 16.3 Å². The van der Waals surface area contributed by atoms with Gasteiger partial charge in [0.2, 0.25) is 0 Å². The molecule has 5 nitrogen and oxygen atoms in total. The first-order chi connectivity index (χ1) is 9.38. The Morgan fingerprint density at radius 1 is 1.45 bits per heavy atom. The van der Waals surface area contributed by atoms with E-state index in [1.807, 2.05) is 6.92 Å². The second-order valence-electron chi connectivity index (χ2n) is 4.73. The molecule has 1 aromatic rings. The lowest BCUT2D eigenvalue weighted by atomic mass is 10.2. The van der Waals surface area contributed by atoms with Crippen LogP contribution < -0.4 is 4.74 Å². The quantitative estimate of drug-likeness (QED) is 0.861. The van der Waals surface area contributed by atoms with Crippen LogP contribution in [0.3, 0.4) is 0 Å². The molecule has 0 saturated carbocycles. The summed E-state index contributed by atoms with van der Waals surface area (Å²) in [5.74, 6) is -0.269. The maximum atomic E-state index is 12.1. The number of carbonyl (C=O) groups excluding carboxylic acids is 2. The van der Waals surface area contributed by atoms with Crippen LogP contribution in [0.2, 0.25) is 5.02 Å². The monoisotopic (exact) mass is 294 g/mol. The average molecular weight is 295 g/mol. The summed E-state index contributed by atoms with van der Waals surface area (Å²) in [6.07, 6.45) is -0.618. The zero-order valence-corrected chi connectivity index (χ0v) is 12.3. The van der Waals surface area contributed by atoms with Gasteiger partial charge in [0.15, 0.2) is 6.10 Å². The average Bonchev–Trinajstić information content (AvgIpc) is 2.72. The first-order valence-corrected chi connectivity index (χ1v) is 6.60. The van der Waals surface area contributed by atoms with Crippen LogP contribution in [0.25, 0.3) is 0 Å². The lowest BCUT2D eigenvalue weighted by molar-refractivity contribution is -0.147. The number of imide groups is 1. The summed E-state index contributed by atoms with van der Waals surface area (Å²) in [5, 5.41) is 5.42. The van der Waals surface area contributed by atoms with Crippen molar-refractivity contribution in [2.75, 3.05) is 0 Å². The Kier molecular flexibility index (Phi) is 4.09. The third-order valence-electron chi connectivity index (χ3n) is 2.91. The third-order valence-corrected chi connectivity index (χ3v) is 3.34. The molecule has 1 heterocycles. The molecule has 2 amide bonds. The standard InChI is InChI=1S/C14H15ClN2O3/c1-8-6-11(4-5-12(8)15)20-10(3)14(19)17-13(18)7-9(2)16-17/h4-6,10H,7H2,1-3H3. The number of carbonyl (C=O) groups is 2. The van der Waals surface area contributed by atoms with E-state index in [1.165, 1.54) is 0 Å². The number of amides is 2. The zero-order chi connectivity index (χ0) is 14.9. The van der Waals surface area contributed by atoms with Gasteiger partial charge in [0.1, 0.15) is 5.75 Å². The molecule has 0 bridgehead atoms. The van der Waals surface area contributed by atoms with E-state index in [2.05, 4.69) is 5.10 Å². The number of hydrogen-bond acceptors (Lipinski definition) is 4. The van der Waals surface area contributed by atoms with Gasteiger partial charge in [0.25, 0.3) is 11.8 Å².